The first-order valence-corrected chi connectivity index (χ1v) is 13.7. The number of rotatable bonds is 3. The van der Waals surface area contributed by atoms with Crippen molar-refractivity contribution in [2.75, 3.05) is 13.7 Å². The molecule has 2 N–H and O–H groups in total. The maximum Gasteiger partial charge on any atom is 0.312 e. The van der Waals surface area contributed by atoms with E-state index in [1.54, 1.807) is 13.4 Å². The molecule has 0 radical (unpaired) electrons. The molecule has 6 aliphatic rings. The highest BCUT2D eigenvalue weighted by molar-refractivity contribution is 5.75. The number of aliphatic hydroxyl groups excluding tert-OH is 2. The van der Waals surface area contributed by atoms with Gasteiger partial charge < -0.3 is 38.6 Å². The molecule has 9 heteroatoms. The summed E-state index contributed by atoms with van der Waals surface area (Å²) in [5.74, 6) is -1.89. The number of ether oxygens (including phenoxy) is 6. The lowest BCUT2D eigenvalue weighted by molar-refractivity contribution is -0.265. The lowest BCUT2D eigenvalue weighted by Crippen LogP contribution is -2.52. The van der Waals surface area contributed by atoms with Crippen molar-refractivity contribution in [3.05, 3.63) is 23.5 Å². The second-order valence-electron chi connectivity index (χ2n) is 12.1. The third-order valence-electron chi connectivity index (χ3n) is 10.1. The molecule has 9 nitrogen and oxygen atoms in total. The Morgan fingerprint density at radius 1 is 1.19 bits per heavy atom. The minimum absolute atomic E-state index is 0.0533. The van der Waals surface area contributed by atoms with Gasteiger partial charge in [0.05, 0.1) is 49.1 Å². The number of esters is 1. The van der Waals surface area contributed by atoms with Crippen LogP contribution in [0.4, 0.5) is 0 Å². The zero-order valence-corrected chi connectivity index (χ0v) is 22.1. The van der Waals surface area contributed by atoms with E-state index in [1.807, 2.05) is 19.9 Å². The molecule has 3 saturated heterocycles. The van der Waals surface area contributed by atoms with Gasteiger partial charge in [-0.15, -0.1) is 0 Å². The van der Waals surface area contributed by atoms with Crippen LogP contribution < -0.4 is 0 Å². The molecule has 0 aromatic heterocycles. The molecule has 0 bridgehead atoms. The van der Waals surface area contributed by atoms with E-state index in [0.29, 0.717) is 19.4 Å². The summed E-state index contributed by atoms with van der Waals surface area (Å²) in [5, 5.41) is 21.5. The van der Waals surface area contributed by atoms with Gasteiger partial charge in [0.2, 0.25) is 5.79 Å². The van der Waals surface area contributed by atoms with Gasteiger partial charge in [0.1, 0.15) is 12.2 Å². The predicted molar refractivity (Wildman–Crippen MR) is 130 cm³/mol. The highest BCUT2D eigenvalue weighted by Crippen LogP contribution is 2.57. The smallest absolute Gasteiger partial charge is 0.312 e. The van der Waals surface area contributed by atoms with Crippen molar-refractivity contribution >= 4 is 5.97 Å². The molecule has 4 fully saturated rings. The lowest BCUT2D eigenvalue weighted by atomic mass is 9.55. The van der Waals surface area contributed by atoms with Crippen molar-refractivity contribution in [2.45, 2.75) is 108 Å². The molecule has 2 aliphatic carbocycles. The fourth-order valence-electron chi connectivity index (χ4n) is 7.88. The molecule has 206 valence electrons. The van der Waals surface area contributed by atoms with E-state index >= 15 is 0 Å². The molecule has 37 heavy (non-hydrogen) atoms. The molecule has 0 amide bonds. The normalized spacial score (nSPS) is 51.2. The van der Waals surface area contributed by atoms with Crippen molar-refractivity contribution in [2.24, 2.45) is 23.2 Å². The van der Waals surface area contributed by atoms with Crippen LogP contribution >= 0.6 is 0 Å². The molecule has 0 aromatic carbocycles. The molecule has 0 aromatic rings. The lowest BCUT2D eigenvalue weighted by Gasteiger charge is -2.51. The summed E-state index contributed by atoms with van der Waals surface area (Å²) in [6.45, 7) is 6.27. The summed E-state index contributed by atoms with van der Waals surface area (Å²) in [6, 6.07) is 0. The summed E-state index contributed by atoms with van der Waals surface area (Å²) >= 11 is 0. The number of carbonyl (C=O) groups is 1. The number of hydrogen-bond donors (Lipinski definition) is 2. The van der Waals surface area contributed by atoms with E-state index in [2.05, 4.69) is 6.92 Å². The highest BCUT2D eigenvalue weighted by Gasteiger charge is 2.59. The first-order valence-electron chi connectivity index (χ1n) is 13.7. The Balaban J connectivity index is 1.21. The van der Waals surface area contributed by atoms with Crippen molar-refractivity contribution in [1.29, 1.82) is 0 Å². The van der Waals surface area contributed by atoms with Crippen molar-refractivity contribution < 1.29 is 43.4 Å². The Labute approximate surface area is 218 Å². The summed E-state index contributed by atoms with van der Waals surface area (Å²) in [4.78, 5) is 13.5. The van der Waals surface area contributed by atoms with Crippen LogP contribution in [0.2, 0.25) is 0 Å². The zero-order valence-electron chi connectivity index (χ0n) is 22.1. The Morgan fingerprint density at radius 2 is 2.00 bits per heavy atom. The van der Waals surface area contributed by atoms with Gasteiger partial charge in [-0.05, 0) is 55.9 Å². The number of methoxy groups -OCH3 is 1. The van der Waals surface area contributed by atoms with Crippen LogP contribution in [0.25, 0.3) is 0 Å². The quantitative estimate of drug-likeness (QED) is 0.428. The molecule has 6 rings (SSSR count). The van der Waals surface area contributed by atoms with Crippen LogP contribution in [0, 0.1) is 23.2 Å². The summed E-state index contributed by atoms with van der Waals surface area (Å²) < 4.78 is 35.5. The molecule has 0 unspecified atom stereocenters. The van der Waals surface area contributed by atoms with Crippen LogP contribution in [0.15, 0.2) is 23.5 Å². The zero-order chi connectivity index (χ0) is 26.1. The van der Waals surface area contributed by atoms with Gasteiger partial charge in [-0.1, -0.05) is 18.6 Å². The van der Waals surface area contributed by atoms with E-state index in [1.165, 1.54) is 0 Å². The Kier molecular flexibility index (Phi) is 6.49. The molecule has 0 spiro atoms. The van der Waals surface area contributed by atoms with E-state index in [-0.39, 0.29) is 41.5 Å². The average molecular weight is 521 g/mol. The second kappa shape index (κ2) is 9.31. The third-order valence-corrected chi connectivity index (χ3v) is 10.1. The molecular formula is C28H40O9. The van der Waals surface area contributed by atoms with Gasteiger partial charge >= 0.3 is 5.97 Å². The Hall–Kier alpha value is -1.49. The molecule has 1 saturated carbocycles. The molecule has 12 atom stereocenters. The van der Waals surface area contributed by atoms with E-state index < -0.39 is 36.3 Å². The van der Waals surface area contributed by atoms with Crippen LogP contribution in [-0.2, 0) is 33.2 Å². The van der Waals surface area contributed by atoms with E-state index in [4.69, 9.17) is 28.4 Å². The number of fused-ring (bicyclic) bond motifs is 3. The van der Waals surface area contributed by atoms with Gasteiger partial charge in [-0.25, -0.2) is 0 Å². The van der Waals surface area contributed by atoms with Crippen LogP contribution in [0.5, 0.6) is 0 Å². The predicted octanol–water partition coefficient (Wildman–Crippen LogP) is 2.59. The van der Waals surface area contributed by atoms with E-state index in [0.717, 1.165) is 36.8 Å². The van der Waals surface area contributed by atoms with Crippen molar-refractivity contribution in [3.8, 4) is 0 Å². The van der Waals surface area contributed by atoms with Gasteiger partial charge in [0, 0.05) is 20.5 Å². The minimum atomic E-state index is -0.907. The fraction of sp³-hybridized carbons (Fsp3) is 0.821. The van der Waals surface area contributed by atoms with Crippen LogP contribution in [-0.4, -0.2) is 78.6 Å². The third kappa shape index (κ3) is 4.17. The number of aliphatic hydroxyl groups is 2. The summed E-state index contributed by atoms with van der Waals surface area (Å²) in [6.07, 6.45) is 4.80. The largest absolute Gasteiger partial charge is 0.469 e. The van der Waals surface area contributed by atoms with Crippen molar-refractivity contribution in [1.82, 2.24) is 0 Å². The maximum atomic E-state index is 13.5. The van der Waals surface area contributed by atoms with Gasteiger partial charge in [-0.3, -0.25) is 4.79 Å². The fourth-order valence-corrected chi connectivity index (χ4v) is 7.88. The monoisotopic (exact) mass is 520 g/mol. The van der Waals surface area contributed by atoms with Gasteiger partial charge in [0.15, 0.2) is 6.29 Å². The van der Waals surface area contributed by atoms with Crippen LogP contribution in [0.1, 0.15) is 59.3 Å². The molecule has 4 heterocycles. The van der Waals surface area contributed by atoms with Gasteiger partial charge in [-0.2, -0.15) is 0 Å². The Bertz CT molecular complexity index is 979. The second-order valence-corrected chi connectivity index (χ2v) is 12.1. The summed E-state index contributed by atoms with van der Waals surface area (Å²) in [7, 11) is 1.59. The Morgan fingerprint density at radius 3 is 2.78 bits per heavy atom. The first kappa shape index (κ1) is 25.8. The SMILES string of the molecule is CO[C@@H]1C[C@H](O[C@H]2CC[C@@]3(C)C(=C[C@H](O)[C@H]4C(=O)O[C@@H]5CO[C@]6(C)OC=C(CC[C@@H]43)[C@H]56)C2)O[C@H](C)[C@H]1O. The standard InChI is InChI=1S/C28H40O9/c1-14-25(30)20(32-4)11-22(35-14)36-17-7-8-27(2)16(9-17)10-19(29)23-18(27)6-5-15-12-33-28(3)24(15)21(13-34-28)37-26(23)31/h10,12,14,17-25,29-30H,5-9,11,13H2,1-4H3/t14-,17+,18+,19+,20-,21-,22+,23+,24-,25-,27+,28+/m1/s1. The number of carbonyl (C=O) groups excluding carboxylic acids is 1. The van der Waals surface area contributed by atoms with Gasteiger partial charge in [0.25, 0.3) is 0 Å². The van der Waals surface area contributed by atoms with Crippen LogP contribution in [0.3, 0.4) is 0 Å². The van der Waals surface area contributed by atoms with Crippen molar-refractivity contribution in [3.63, 3.8) is 0 Å². The van der Waals surface area contributed by atoms with E-state index in [9.17, 15) is 15.0 Å². The molecule has 4 aliphatic heterocycles. The summed E-state index contributed by atoms with van der Waals surface area (Å²) in [5.41, 5.74) is 2.03. The highest BCUT2D eigenvalue weighted by atomic mass is 16.7. The topological polar surface area (TPSA) is 113 Å². The molecular weight excluding hydrogens is 480 g/mol. The average Bonchev–Trinajstić information content (AvgIpc) is 3.36. The first-order chi connectivity index (χ1) is 17.6. The minimum Gasteiger partial charge on any atom is -0.469 e. The number of hydrogen-bond acceptors (Lipinski definition) is 9. The maximum absolute atomic E-state index is 13.5.